The second kappa shape index (κ2) is 12.1. The van der Waals surface area contributed by atoms with Gasteiger partial charge < -0.3 is 23.7 Å². The summed E-state index contributed by atoms with van der Waals surface area (Å²) >= 11 is 0.250. The first-order chi connectivity index (χ1) is 14.2. The van der Waals surface area contributed by atoms with Gasteiger partial charge in [0, 0.05) is 27.3 Å². The summed E-state index contributed by atoms with van der Waals surface area (Å²) in [6.07, 6.45) is 4.74. The molecule has 0 aromatic rings. The summed E-state index contributed by atoms with van der Waals surface area (Å²) in [5.74, 6) is 0. The first-order valence-corrected chi connectivity index (χ1v) is 12.9. The third-order valence-corrected chi connectivity index (χ3v) is 7.53. The molecule has 6 atom stereocenters. The number of nitrogens with zero attached hydrogens (tertiary/aromatic N) is 3. The van der Waals surface area contributed by atoms with E-state index in [1.54, 1.807) is 18.0 Å². The van der Waals surface area contributed by atoms with E-state index in [0.29, 0.717) is 13.2 Å². The van der Waals surface area contributed by atoms with Crippen LogP contribution in [0.1, 0.15) is 60.3 Å². The Morgan fingerprint density at radius 1 is 1.17 bits per heavy atom. The predicted molar refractivity (Wildman–Crippen MR) is 127 cm³/mol. The number of fused-ring (bicyclic) bond motifs is 1. The van der Waals surface area contributed by atoms with Gasteiger partial charge in [0.05, 0.1) is 6.21 Å². The zero-order valence-corrected chi connectivity index (χ0v) is 21.1. The maximum atomic E-state index is 12.5. The molecule has 174 valence electrons. The number of amidine groups is 1. The van der Waals surface area contributed by atoms with E-state index in [1.165, 1.54) is 0 Å². The van der Waals surface area contributed by atoms with Crippen LogP contribution in [0.2, 0.25) is 0 Å². The molecule has 0 spiro atoms. The third kappa shape index (κ3) is 7.10. The van der Waals surface area contributed by atoms with Gasteiger partial charge in [-0.1, -0.05) is 42.8 Å². The van der Waals surface area contributed by atoms with Gasteiger partial charge in [0.2, 0.25) is 0 Å². The molecule has 2 rings (SSSR count). The quantitative estimate of drug-likeness (QED) is 0.281. The van der Waals surface area contributed by atoms with Crippen LogP contribution in [0.4, 0.5) is 0 Å². The van der Waals surface area contributed by atoms with Gasteiger partial charge in [-0.05, 0) is 33.6 Å². The molecule has 0 saturated carbocycles. The largest absolute Gasteiger partial charge is 0.591 e. The topological polar surface area (TPSA) is 78.7 Å². The molecule has 2 heterocycles. The van der Waals surface area contributed by atoms with Crippen molar-refractivity contribution < 1.29 is 18.8 Å². The SMILES string of the molecule is CCCCO[C@@H]1[C@H]2N=C(N(C)C)S[C@H]2O[C@H](C=N[S+]([O-])C(C)(C)C)[C@H]1OCCCC. The lowest BCUT2D eigenvalue weighted by Gasteiger charge is -2.41. The van der Waals surface area contributed by atoms with E-state index >= 15 is 0 Å². The van der Waals surface area contributed by atoms with Crippen molar-refractivity contribution in [2.24, 2.45) is 9.39 Å². The van der Waals surface area contributed by atoms with E-state index in [9.17, 15) is 4.55 Å². The van der Waals surface area contributed by atoms with E-state index in [0.717, 1.165) is 30.9 Å². The fourth-order valence-corrected chi connectivity index (χ4v) is 4.75. The van der Waals surface area contributed by atoms with Crippen molar-refractivity contribution in [2.75, 3.05) is 27.3 Å². The van der Waals surface area contributed by atoms with Crippen molar-refractivity contribution in [3.8, 4) is 0 Å². The molecule has 2 aliphatic rings. The molecule has 7 nitrogen and oxygen atoms in total. The molecule has 0 aromatic heterocycles. The number of hydrogen-bond donors (Lipinski definition) is 0. The van der Waals surface area contributed by atoms with Crippen molar-refractivity contribution in [1.82, 2.24) is 4.90 Å². The maximum absolute atomic E-state index is 12.5. The lowest BCUT2D eigenvalue weighted by molar-refractivity contribution is -0.170. The fourth-order valence-electron chi connectivity index (χ4n) is 3.07. The van der Waals surface area contributed by atoms with Gasteiger partial charge in [-0.3, -0.25) is 4.99 Å². The Labute approximate surface area is 189 Å². The van der Waals surface area contributed by atoms with Crippen LogP contribution in [0, 0.1) is 0 Å². The van der Waals surface area contributed by atoms with Crippen molar-refractivity contribution in [3.05, 3.63) is 0 Å². The number of aliphatic imine (C=N–C) groups is 1. The van der Waals surface area contributed by atoms with Crippen molar-refractivity contribution >= 4 is 34.5 Å². The predicted octanol–water partition coefficient (Wildman–Crippen LogP) is 3.65. The van der Waals surface area contributed by atoms with Crippen LogP contribution in [0.25, 0.3) is 0 Å². The van der Waals surface area contributed by atoms with Gasteiger partial charge in [0.1, 0.15) is 45.9 Å². The van der Waals surface area contributed by atoms with Gasteiger partial charge in [0.25, 0.3) is 0 Å². The monoisotopic (exact) mass is 461 g/mol. The Balaban J connectivity index is 2.27. The molecule has 0 bridgehead atoms. The molecular formula is C21H39N3O4S2. The minimum Gasteiger partial charge on any atom is -0.591 e. The molecular weight excluding hydrogens is 422 g/mol. The number of ether oxygens (including phenoxy) is 3. The molecule has 0 radical (unpaired) electrons. The molecule has 9 heteroatoms. The molecule has 0 amide bonds. The standard InChI is InChI=1S/C21H39N3O4S2/c1-8-10-12-26-17-15(14-22-30(25)21(3,4)5)28-19-16(18(17)27-13-11-9-2)23-20(29-19)24(6)7/h14-19H,8-13H2,1-7H3/t15-,16-,17-,18-,19-,30?/m1/s1. The summed E-state index contributed by atoms with van der Waals surface area (Å²) in [6.45, 7) is 11.3. The summed E-state index contributed by atoms with van der Waals surface area (Å²) in [6, 6.07) is -0.131. The summed E-state index contributed by atoms with van der Waals surface area (Å²) < 4.78 is 35.4. The highest BCUT2D eigenvalue weighted by atomic mass is 32.2. The first kappa shape index (κ1) is 25.9. The fraction of sp³-hybridized carbons (Fsp3) is 0.905. The van der Waals surface area contributed by atoms with E-state index in [1.807, 2.05) is 39.8 Å². The van der Waals surface area contributed by atoms with Crippen LogP contribution in [-0.4, -0.2) is 82.7 Å². The molecule has 0 aromatic carbocycles. The second-order valence-corrected chi connectivity index (χ2v) is 11.9. The van der Waals surface area contributed by atoms with Crippen LogP contribution in [0.15, 0.2) is 9.39 Å². The molecule has 0 aliphatic carbocycles. The molecule has 30 heavy (non-hydrogen) atoms. The Morgan fingerprint density at radius 2 is 1.77 bits per heavy atom. The van der Waals surface area contributed by atoms with Crippen LogP contribution >= 0.6 is 11.8 Å². The molecule has 0 N–H and O–H groups in total. The maximum Gasteiger partial charge on any atom is 0.161 e. The van der Waals surface area contributed by atoms with E-state index in [4.69, 9.17) is 19.2 Å². The van der Waals surface area contributed by atoms with Crippen molar-refractivity contribution in [3.63, 3.8) is 0 Å². The zero-order valence-electron chi connectivity index (χ0n) is 19.5. The Kier molecular flexibility index (Phi) is 10.4. The van der Waals surface area contributed by atoms with Gasteiger partial charge in [-0.2, -0.15) is 0 Å². The summed E-state index contributed by atoms with van der Waals surface area (Å²) in [7, 11) is 3.97. The van der Waals surface area contributed by atoms with Gasteiger partial charge in [-0.15, -0.1) is 0 Å². The summed E-state index contributed by atoms with van der Waals surface area (Å²) in [5.41, 5.74) is -0.167. The number of rotatable bonds is 10. The first-order valence-electron chi connectivity index (χ1n) is 11.0. The molecule has 1 unspecified atom stereocenters. The summed E-state index contributed by atoms with van der Waals surface area (Å²) in [4.78, 5) is 6.89. The average molecular weight is 462 g/mol. The molecule has 1 saturated heterocycles. The Hall–Kier alpha value is -0.320. The summed E-state index contributed by atoms with van der Waals surface area (Å²) in [5, 5.41) is 0.928. The molecule has 2 aliphatic heterocycles. The van der Waals surface area contributed by atoms with E-state index in [2.05, 4.69) is 18.2 Å². The number of hydrogen-bond acceptors (Lipinski definition) is 8. The Bertz CT molecular complexity index is 583. The van der Waals surface area contributed by atoms with E-state index in [-0.39, 0.29) is 23.7 Å². The lowest BCUT2D eigenvalue weighted by atomic mass is 9.98. The molecule has 1 fully saturated rings. The normalized spacial score (nSPS) is 30.4. The average Bonchev–Trinajstić information content (AvgIpc) is 3.11. The van der Waals surface area contributed by atoms with Crippen molar-refractivity contribution in [1.29, 1.82) is 0 Å². The minimum absolute atomic E-state index is 0.131. The van der Waals surface area contributed by atoms with Gasteiger partial charge in [0.15, 0.2) is 5.17 Å². The van der Waals surface area contributed by atoms with Crippen LogP contribution < -0.4 is 0 Å². The van der Waals surface area contributed by atoms with Crippen LogP contribution in [-0.2, 0) is 25.6 Å². The highest BCUT2D eigenvalue weighted by Crippen LogP contribution is 2.39. The highest BCUT2D eigenvalue weighted by molar-refractivity contribution is 8.14. The number of unbranched alkanes of at least 4 members (excludes halogenated alkanes) is 2. The zero-order chi connectivity index (χ0) is 22.3. The lowest BCUT2D eigenvalue weighted by Crippen LogP contribution is -2.57. The van der Waals surface area contributed by atoms with Crippen LogP contribution in [0.3, 0.4) is 0 Å². The van der Waals surface area contributed by atoms with Gasteiger partial charge >= 0.3 is 0 Å². The third-order valence-electron chi connectivity index (χ3n) is 4.86. The van der Waals surface area contributed by atoms with E-state index < -0.39 is 22.2 Å². The van der Waals surface area contributed by atoms with Gasteiger partial charge in [-0.25, -0.2) is 0 Å². The highest BCUT2D eigenvalue weighted by Gasteiger charge is 2.51. The minimum atomic E-state index is -1.35. The smallest absolute Gasteiger partial charge is 0.161 e. The second-order valence-electron chi connectivity index (χ2n) is 8.88. The van der Waals surface area contributed by atoms with Crippen LogP contribution in [0.5, 0.6) is 0 Å². The Morgan fingerprint density at radius 3 is 2.30 bits per heavy atom. The van der Waals surface area contributed by atoms with Crippen molar-refractivity contribution in [2.45, 2.75) is 94.8 Å². The number of thioether (sulfide) groups is 1.